The van der Waals surface area contributed by atoms with E-state index in [9.17, 15) is 18.0 Å². The molecule has 8 nitrogen and oxygen atoms in total. The molecule has 0 aliphatic heterocycles. The molecule has 3 aromatic carbocycles. The van der Waals surface area contributed by atoms with E-state index in [0.717, 1.165) is 16.3 Å². The Morgan fingerprint density at radius 1 is 1.05 bits per heavy atom. The van der Waals surface area contributed by atoms with Gasteiger partial charge in [0.1, 0.15) is 18.3 Å². The summed E-state index contributed by atoms with van der Waals surface area (Å²) in [7, 11) is -2.73. The molecule has 0 fully saturated rings. The summed E-state index contributed by atoms with van der Waals surface area (Å²) in [6.45, 7) is 5.60. The molecule has 0 aliphatic carbocycles. The molecular weight excluding hydrogens is 630 g/mol. The molecule has 3 rings (SSSR count). The molecule has 0 saturated heterocycles. The lowest BCUT2D eigenvalue weighted by molar-refractivity contribution is -0.140. The van der Waals surface area contributed by atoms with E-state index < -0.39 is 28.5 Å². The quantitative estimate of drug-likeness (QED) is 0.244. The lowest BCUT2D eigenvalue weighted by Gasteiger charge is -2.33. The molecule has 0 aliphatic rings. The van der Waals surface area contributed by atoms with Crippen molar-refractivity contribution < 1.29 is 22.7 Å². The van der Waals surface area contributed by atoms with Crippen molar-refractivity contribution in [3.05, 3.63) is 87.4 Å². The molecule has 0 unspecified atom stereocenters. The summed E-state index contributed by atoms with van der Waals surface area (Å²) in [5.41, 5.74) is 1.90. The van der Waals surface area contributed by atoms with Crippen LogP contribution in [0.1, 0.15) is 37.8 Å². The summed E-state index contributed by atoms with van der Waals surface area (Å²) in [6.07, 6.45) is 1.06. The molecule has 11 heteroatoms. The number of amides is 2. The molecule has 0 bridgehead atoms. The lowest BCUT2D eigenvalue weighted by atomic mass is 10.1. The van der Waals surface area contributed by atoms with Crippen molar-refractivity contribution in [2.24, 2.45) is 0 Å². The summed E-state index contributed by atoms with van der Waals surface area (Å²) in [6, 6.07) is 17.5. The summed E-state index contributed by atoms with van der Waals surface area (Å²) < 4.78 is 34.9. The number of methoxy groups -OCH3 is 1. The number of carbonyl (C=O) groups is 2. The Balaban J connectivity index is 2.08. The van der Waals surface area contributed by atoms with Gasteiger partial charge in [-0.3, -0.25) is 13.9 Å². The highest BCUT2D eigenvalue weighted by Crippen LogP contribution is 2.31. The van der Waals surface area contributed by atoms with Crippen LogP contribution in [0.4, 0.5) is 5.69 Å². The number of aryl methyl sites for hydroxylation is 1. The van der Waals surface area contributed by atoms with Gasteiger partial charge in [-0.05, 0) is 77.7 Å². The maximum atomic E-state index is 14.1. The number of hydrogen-bond donors (Lipinski definition) is 1. The second kappa shape index (κ2) is 14.7. The van der Waals surface area contributed by atoms with Gasteiger partial charge in [0.25, 0.3) is 10.0 Å². The fourth-order valence-electron chi connectivity index (χ4n) is 4.27. The molecule has 3 aromatic rings. The van der Waals surface area contributed by atoms with Gasteiger partial charge in [0, 0.05) is 18.1 Å². The molecule has 0 radical (unpaired) electrons. The first-order valence-electron chi connectivity index (χ1n) is 13.3. The second-order valence-corrected chi connectivity index (χ2v) is 12.6. The predicted octanol–water partition coefficient (Wildman–Crippen LogP) is 5.95. The minimum Gasteiger partial charge on any atom is -0.496 e. The van der Waals surface area contributed by atoms with Crippen LogP contribution in [-0.2, 0) is 26.2 Å². The lowest BCUT2D eigenvalue weighted by Crippen LogP contribution is -2.52. The third-order valence-electron chi connectivity index (χ3n) is 6.55. The maximum absolute atomic E-state index is 14.1. The summed E-state index contributed by atoms with van der Waals surface area (Å²) in [5.74, 6) is -0.379. The van der Waals surface area contributed by atoms with Gasteiger partial charge in [-0.25, -0.2) is 8.42 Å². The first-order chi connectivity index (χ1) is 19.5. The Hall–Kier alpha value is -3.08. The maximum Gasteiger partial charge on any atom is 0.264 e. The Bertz CT molecular complexity index is 1470. The van der Waals surface area contributed by atoms with Crippen LogP contribution in [-0.4, -0.2) is 51.4 Å². The van der Waals surface area contributed by atoms with E-state index in [1.807, 2.05) is 20.8 Å². The average Bonchev–Trinajstić information content (AvgIpc) is 2.95. The Morgan fingerprint density at radius 2 is 1.73 bits per heavy atom. The molecule has 220 valence electrons. The number of ether oxygens (including phenoxy) is 1. The molecule has 1 N–H and O–H groups in total. The monoisotopic (exact) mass is 663 g/mol. The first kappa shape index (κ1) is 32.4. The zero-order chi connectivity index (χ0) is 30.2. The first-order valence-corrected chi connectivity index (χ1v) is 15.9. The van der Waals surface area contributed by atoms with E-state index in [1.54, 1.807) is 54.6 Å². The van der Waals surface area contributed by atoms with Crippen LogP contribution in [0.3, 0.4) is 0 Å². The van der Waals surface area contributed by atoms with Gasteiger partial charge in [0.15, 0.2) is 0 Å². The Kier molecular flexibility index (Phi) is 11.6. The van der Waals surface area contributed by atoms with E-state index in [4.69, 9.17) is 16.3 Å². The second-order valence-electron chi connectivity index (χ2n) is 9.47. The van der Waals surface area contributed by atoms with Crippen LogP contribution in [0.25, 0.3) is 0 Å². The Morgan fingerprint density at radius 3 is 2.32 bits per heavy atom. The number of carbonyl (C=O) groups excluding carboxylic acids is 2. The van der Waals surface area contributed by atoms with Crippen LogP contribution in [0, 0.1) is 6.92 Å². The fraction of sp³-hybridized carbons (Fsp3) is 0.333. The van der Waals surface area contributed by atoms with E-state index >= 15 is 0 Å². The molecule has 0 saturated carbocycles. The topological polar surface area (TPSA) is 96.0 Å². The van der Waals surface area contributed by atoms with Gasteiger partial charge in [-0.2, -0.15) is 0 Å². The molecular formula is C30H35BrClN3O5S. The van der Waals surface area contributed by atoms with Crippen LogP contribution in [0.2, 0.25) is 5.02 Å². The molecule has 1 atom stereocenters. The normalized spacial score (nSPS) is 12.0. The van der Waals surface area contributed by atoms with E-state index in [-0.39, 0.29) is 17.3 Å². The van der Waals surface area contributed by atoms with E-state index in [0.29, 0.717) is 39.5 Å². The van der Waals surface area contributed by atoms with Crippen molar-refractivity contribution in [3.8, 4) is 5.75 Å². The van der Waals surface area contributed by atoms with Gasteiger partial charge in [-0.1, -0.05) is 61.3 Å². The predicted molar refractivity (Wildman–Crippen MR) is 166 cm³/mol. The van der Waals surface area contributed by atoms with Gasteiger partial charge in [-0.15, -0.1) is 0 Å². The highest BCUT2D eigenvalue weighted by Gasteiger charge is 2.34. The Labute approximate surface area is 255 Å². The largest absolute Gasteiger partial charge is 0.496 e. The van der Waals surface area contributed by atoms with Gasteiger partial charge >= 0.3 is 0 Å². The summed E-state index contributed by atoms with van der Waals surface area (Å²) in [4.78, 5) is 28.7. The van der Waals surface area contributed by atoms with Gasteiger partial charge in [0.05, 0.1) is 22.2 Å². The number of nitrogens with zero attached hydrogens (tertiary/aromatic N) is 2. The van der Waals surface area contributed by atoms with Crippen LogP contribution >= 0.6 is 27.5 Å². The zero-order valence-electron chi connectivity index (χ0n) is 23.6. The number of sulfonamides is 1. The molecule has 0 spiro atoms. The van der Waals surface area contributed by atoms with Crippen molar-refractivity contribution in [3.63, 3.8) is 0 Å². The number of benzene rings is 3. The molecule has 0 aromatic heterocycles. The number of hydrogen-bond acceptors (Lipinski definition) is 5. The minimum absolute atomic E-state index is 0.0241. The smallest absolute Gasteiger partial charge is 0.264 e. The highest BCUT2D eigenvalue weighted by atomic mass is 79.9. The van der Waals surface area contributed by atoms with Crippen molar-refractivity contribution in [1.29, 1.82) is 0 Å². The third-order valence-corrected chi connectivity index (χ3v) is 9.30. The zero-order valence-corrected chi connectivity index (χ0v) is 26.7. The van der Waals surface area contributed by atoms with Crippen LogP contribution < -0.4 is 14.4 Å². The van der Waals surface area contributed by atoms with Crippen molar-refractivity contribution in [2.45, 2.75) is 51.1 Å². The molecule has 41 heavy (non-hydrogen) atoms. The standard InChI is InChI=1S/C30H35BrClN3O5S/c1-5-17-33-30(37)27(6-2)34(19-22-9-7-8-10-26(22)32)29(36)20-35(23-13-11-21(3)12-14-23)41(38,39)24-15-16-28(40-4)25(31)18-24/h7-16,18,27H,5-6,17,19-20H2,1-4H3,(H,33,37)/t27-/m0/s1. The number of rotatable bonds is 13. The number of halogens is 2. The molecule has 0 heterocycles. The van der Waals surface area contributed by atoms with Gasteiger partial charge in [0.2, 0.25) is 11.8 Å². The third kappa shape index (κ3) is 8.02. The summed E-state index contributed by atoms with van der Waals surface area (Å²) in [5, 5.41) is 3.31. The number of nitrogens with one attached hydrogen (secondary N) is 1. The SMILES string of the molecule is CCCNC(=O)[C@H](CC)N(Cc1ccccc1Cl)C(=O)CN(c1ccc(C)cc1)S(=O)(=O)c1ccc(OC)c(Br)c1. The van der Waals surface area contributed by atoms with Crippen molar-refractivity contribution in [2.75, 3.05) is 24.5 Å². The number of anilines is 1. The van der Waals surface area contributed by atoms with Gasteiger partial charge < -0.3 is 15.0 Å². The fourth-order valence-corrected chi connectivity index (χ4v) is 6.60. The summed E-state index contributed by atoms with van der Waals surface area (Å²) >= 11 is 9.79. The minimum atomic E-state index is -4.22. The molecule has 2 amide bonds. The van der Waals surface area contributed by atoms with Crippen molar-refractivity contribution >= 4 is 55.1 Å². The van der Waals surface area contributed by atoms with Crippen molar-refractivity contribution in [1.82, 2.24) is 10.2 Å². The average molecular weight is 665 g/mol. The highest BCUT2D eigenvalue weighted by molar-refractivity contribution is 9.10. The van der Waals surface area contributed by atoms with Crippen LogP contribution in [0.5, 0.6) is 5.75 Å². The van der Waals surface area contributed by atoms with E-state index in [2.05, 4.69) is 21.2 Å². The van der Waals surface area contributed by atoms with Crippen LogP contribution in [0.15, 0.2) is 76.1 Å². The van der Waals surface area contributed by atoms with E-state index in [1.165, 1.54) is 24.1 Å².